The summed E-state index contributed by atoms with van der Waals surface area (Å²) in [4.78, 5) is 16.9. The Kier molecular flexibility index (Phi) is 6.33. The molecule has 140 valence electrons. The standard InChI is InChI=1S/C19H15ClINO4S/c1-24-15-7-10(8-16(25-2)17(15)26-3)6-14-19(23)27-18(22-14)12-9-11(21)4-5-13(12)20/h4-9H,1-3H3/b14-6-. The van der Waals surface area contributed by atoms with Gasteiger partial charge in [0.2, 0.25) is 10.9 Å². The van der Waals surface area contributed by atoms with Gasteiger partial charge in [0.15, 0.2) is 11.5 Å². The Bertz CT molecular complexity index is 949. The molecule has 2 aromatic rings. The summed E-state index contributed by atoms with van der Waals surface area (Å²) in [6, 6.07) is 9.13. The van der Waals surface area contributed by atoms with Crippen LogP contribution in [0.15, 0.2) is 41.0 Å². The number of aliphatic imine (C=N–C) groups is 1. The van der Waals surface area contributed by atoms with Gasteiger partial charge in [-0.05, 0) is 76.3 Å². The second-order valence-corrected chi connectivity index (χ2v) is 8.03. The zero-order valence-electron chi connectivity index (χ0n) is 14.7. The van der Waals surface area contributed by atoms with E-state index in [0.717, 1.165) is 20.9 Å². The van der Waals surface area contributed by atoms with Gasteiger partial charge in [-0.25, -0.2) is 4.99 Å². The molecular weight excluding hydrogens is 501 g/mol. The lowest BCUT2D eigenvalue weighted by molar-refractivity contribution is -0.107. The molecule has 3 rings (SSSR count). The van der Waals surface area contributed by atoms with Crippen LogP contribution in [0.1, 0.15) is 11.1 Å². The molecule has 1 aliphatic rings. The van der Waals surface area contributed by atoms with Crippen LogP contribution in [0.25, 0.3) is 6.08 Å². The molecule has 0 fully saturated rings. The number of nitrogens with zero attached hydrogens (tertiary/aromatic N) is 1. The number of hydrogen-bond acceptors (Lipinski definition) is 6. The van der Waals surface area contributed by atoms with E-state index in [9.17, 15) is 4.79 Å². The quantitative estimate of drug-likeness (QED) is 0.413. The molecule has 1 aliphatic heterocycles. The number of carbonyl (C=O) groups is 1. The van der Waals surface area contributed by atoms with Crippen molar-refractivity contribution in [3.63, 3.8) is 0 Å². The van der Waals surface area contributed by atoms with Crippen molar-refractivity contribution in [3.05, 3.63) is 55.7 Å². The second kappa shape index (κ2) is 8.53. The minimum absolute atomic E-state index is 0.145. The maximum Gasteiger partial charge on any atom is 0.244 e. The first-order chi connectivity index (χ1) is 13.0. The average molecular weight is 516 g/mol. The fourth-order valence-corrected chi connectivity index (χ4v) is 4.09. The van der Waals surface area contributed by atoms with E-state index in [1.54, 1.807) is 38.5 Å². The van der Waals surface area contributed by atoms with E-state index in [1.165, 1.54) is 7.11 Å². The van der Waals surface area contributed by atoms with Crippen LogP contribution in [0.5, 0.6) is 17.2 Å². The highest BCUT2D eigenvalue weighted by molar-refractivity contribution is 14.1. The van der Waals surface area contributed by atoms with E-state index in [-0.39, 0.29) is 5.12 Å². The molecular formula is C19H15ClINO4S. The van der Waals surface area contributed by atoms with Crippen molar-refractivity contribution >= 4 is 62.2 Å². The Balaban J connectivity index is 2.03. The third kappa shape index (κ3) is 4.25. The zero-order chi connectivity index (χ0) is 19.6. The smallest absolute Gasteiger partial charge is 0.244 e. The second-order valence-electron chi connectivity index (χ2n) is 5.42. The van der Waals surface area contributed by atoms with Crippen molar-refractivity contribution in [2.75, 3.05) is 21.3 Å². The number of hydrogen-bond donors (Lipinski definition) is 0. The van der Waals surface area contributed by atoms with Crippen LogP contribution in [0.3, 0.4) is 0 Å². The molecule has 0 N–H and O–H groups in total. The maximum atomic E-state index is 12.4. The number of ether oxygens (including phenoxy) is 3. The highest BCUT2D eigenvalue weighted by atomic mass is 127. The van der Waals surface area contributed by atoms with Gasteiger partial charge in [-0.3, -0.25) is 4.79 Å². The van der Waals surface area contributed by atoms with Gasteiger partial charge in [-0.15, -0.1) is 0 Å². The highest BCUT2D eigenvalue weighted by Crippen LogP contribution is 2.39. The molecule has 0 atom stereocenters. The molecule has 0 aliphatic carbocycles. The lowest BCUT2D eigenvalue weighted by atomic mass is 10.1. The summed E-state index contributed by atoms with van der Waals surface area (Å²) in [5, 5.41) is 0.999. The first-order valence-electron chi connectivity index (χ1n) is 7.74. The molecule has 0 saturated carbocycles. The van der Waals surface area contributed by atoms with Crippen molar-refractivity contribution in [1.82, 2.24) is 0 Å². The Hall–Kier alpha value is -1.71. The maximum absolute atomic E-state index is 12.4. The summed E-state index contributed by atoms with van der Waals surface area (Å²) in [6.45, 7) is 0. The summed E-state index contributed by atoms with van der Waals surface area (Å²) < 4.78 is 17.0. The SMILES string of the molecule is COc1cc(/C=C2\N=C(c3cc(I)ccc3Cl)SC2=O)cc(OC)c1OC. The molecule has 2 aromatic carbocycles. The van der Waals surface area contributed by atoms with Gasteiger partial charge in [0, 0.05) is 9.13 Å². The summed E-state index contributed by atoms with van der Waals surface area (Å²) in [5.41, 5.74) is 1.79. The van der Waals surface area contributed by atoms with Crippen LogP contribution in [-0.4, -0.2) is 31.5 Å². The minimum Gasteiger partial charge on any atom is -0.493 e. The van der Waals surface area contributed by atoms with E-state index in [4.69, 9.17) is 25.8 Å². The molecule has 0 unspecified atom stereocenters. The molecule has 0 bridgehead atoms. The van der Waals surface area contributed by atoms with Crippen LogP contribution < -0.4 is 14.2 Å². The minimum atomic E-state index is -0.145. The number of carbonyl (C=O) groups excluding carboxylic acids is 1. The first-order valence-corrected chi connectivity index (χ1v) is 10.0. The normalized spacial score (nSPS) is 15.1. The fourth-order valence-electron chi connectivity index (χ4n) is 2.53. The summed E-state index contributed by atoms with van der Waals surface area (Å²) in [6.07, 6.45) is 1.69. The van der Waals surface area contributed by atoms with E-state index in [0.29, 0.717) is 38.6 Å². The summed E-state index contributed by atoms with van der Waals surface area (Å²) in [7, 11) is 4.62. The topological polar surface area (TPSA) is 57.1 Å². The van der Waals surface area contributed by atoms with Gasteiger partial charge in [0.05, 0.1) is 26.4 Å². The number of thioether (sulfide) groups is 1. The molecule has 27 heavy (non-hydrogen) atoms. The molecule has 0 aromatic heterocycles. The Morgan fingerprint density at radius 3 is 2.33 bits per heavy atom. The largest absolute Gasteiger partial charge is 0.493 e. The Labute approximate surface area is 179 Å². The van der Waals surface area contributed by atoms with Gasteiger partial charge in [0.25, 0.3) is 0 Å². The fraction of sp³-hybridized carbons (Fsp3) is 0.158. The predicted octanol–water partition coefficient (Wildman–Crippen LogP) is 5.03. The lowest BCUT2D eigenvalue weighted by Gasteiger charge is -2.12. The van der Waals surface area contributed by atoms with Crippen LogP contribution in [-0.2, 0) is 4.79 Å². The van der Waals surface area contributed by atoms with Gasteiger partial charge < -0.3 is 14.2 Å². The summed E-state index contributed by atoms with van der Waals surface area (Å²) >= 11 is 9.53. The van der Waals surface area contributed by atoms with Gasteiger partial charge in [-0.2, -0.15) is 0 Å². The van der Waals surface area contributed by atoms with Crippen LogP contribution in [0.4, 0.5) is 0 Å². The van der Waals surface area contributed by atoms with Gasteiger partial charge >= 0.3 is 0 Å². The number of benzene rings is 2. The van der Waals surface area contributed by atoms with Crippen molar-refractivity contribution < 1.29 is 19.0 Å². The number of methoxy groups -OCH3 is 3. The molecule has 8 heteroatoms. The van der Waals surface area contributed by atoms with Crippen molar-refractivity contribution in [1.29, 1.82) is 0 Å². The van der Waals surface area contributed by atoms with E-state index in [1.807, 2.05) is 12.1 Å². The molecule has 0 amide bonds. The zero-order valence-corrected chi connectivity index (χ0v) is 18.4. The lowest BCUT2D eigenvalue weighted by Crippen LogP contribution is -1.96. The Morgan fingerprint density at radius 2 is 1.74 bits per heavy atom. The van der Waals surface area contributed by atoms with Crippen molar-refractivity contribution in [3.8, 4) is 17.2 Å². The molecule has 5 nitrogen and oxygen atoms in total. The predicted molar refractivity (Wildman–Crippen MR) is 117 cm³/mol. The van der Waals surface area contributed by atoms with Crippen LogP contribution >= 0.6 is 46.0 Å². The first kappa shape index (κ1) is 20.0. The van der Waals surface area contributed by atoms with Crippen LogP contribution in [0, 0.1) is 3.57 Å². The Morgan fingerprint density at radius 1 is 1.07 bits per heavy atom. The number of halogens is 2. The van der Waals surface area contributed by atoms with Gasteiger partial charge in [0.1, 0.15) is 10.7 Å². The molecule has 0 radical (unpaired) electrons. The van der Waals surface area contributed by atoms with Crippen molar-refractivity contribution in [2.24, 2.45) is 4.99 Å². The average Bonchev–Trinajstić information content (AvgIpc) is 3.02. The third-order valence-corrected chi connectivity index (χ3v) is 5.67. The van der Waals surface area contributed by atoms with E-state index < -0.39 is 0 Å². The molecule has 1 heterocycles. The summed E-state index contributed by atoms with van der Waals surface area (Å²) in [5.74, 6) is 1.50. The van der Waals surface area contributed by atoms with Gasteiger partial charge in [-0.1, -0.05) is 11.6 Å². The van der Waals surface area contributed by atoms with E-state index >= 15 is 0 Å². The van der Waals surface area contributed by atoms with Crippen LogP contribution in [0.2, 0.25) is 5.02 Å². The highest BCUT2D eigenvalue weighted by Gasteiger charge is 2.25. The van der Waals surface area contributed by atoms with Crippen molar-refractivity contribution in [2.45, 2.75) is 0 Å². The number of rotatable bonds is 5. The van der Waals surface area contributed by atoms with E-state index in [2.05, 4.69) is 27.6 Å². The molecule has 0 saturated heterocycles. The monoisotopic (exact) mass is 515 g/mol. The third-order valence-electron chi connectivity index (χ3n) is 3.77. The molecule has 0 spiro atoms.